The number of rotatable bonds is 0. The van der Waals surface area contributed by atoms with E-state index in [1.54, 1.807) is 17.4 Å². The molecule has 2 rings (SSSR count). The molecule has 0 atom stereocenters. The zero-order valence-electron chi connectivity index (χ0n) is 5.91. The summed E-state index contributed by atoms with van der Waals surface area (Å²) in [5.41, 5.74) is 1.61. The van der Waals surface area contributed by atoms with Crippen LogP contribution in [0.3, 0.4) is 0 Å². The number of hydrogen-bond acceptors (Lipinski definition) is 2. The number of hydrogen-bond donors (Lipinski definition) is 0. The molecule has 0 unspecified atom stereocenters. The SMILES string of the molecule is [C-]#[N+]c1ccc2nc(Br)sc2c1. The van der Waals surface area contributed by atoms with Crippen molar-refractivity contribution < 1.29 is 0 Å². The molecule has 0 saturated carbocycles. The Balaban J connectivity index is 2.77. The molecule has 0 aliphatic rings. The van der Waals surface area contributed by atoms with Crippen molar-refractivity contribution in [2.45, 2.75) is 0 Å². The molecule has 2 aromatic rings. The van der Waals surface area contributed by atoms with E-state index >= 15 is 0 Å². The fourth-order valence-corrected chi connectivity index (χ4v) is 2.39. The molecule has 0 amide bonds. The summed E-state index contributed by atoms with van der Waals surface area (Å²) >= 11 is 4.84. The predicted molar refractivity (Wildman–Crippen MR) is 53.6 cm³/mol. The second kappa shape index (κ2) is 2.85. The maximum atomic E-state index is 6.82. The van der Waals surface area contributed by atoms with Crippen molar-refractivity contribution >= 4 is 43.2 Å². The van der Waals surface area contributed by atoms with Gasteiger partial charge >= 0.3 is 0 Å². The van der Waals surface area contributed by atoms with Gasteiger partial charge in [0.05, 0.1) is 12.1 Å². The second-order valence-corrected chi connectivity index (χ2v) is 4.54. The van der Waals surface area contributed by atoms with E-state index in [9.17, 15) is 0 Å². The highest BCUT2D eigenvalue weighted by molar-refractivity contribution is 9.11. The molecule has 12 heavy (non-hydrogen) atoms. The molecular weight excluding hydrogens is 236 g/mol. The van der Waals surface area contributed by atoms with Crippen LogP contribution in [-0.2, 0) is 0 Å². The van der Waals surface area contributed by atoms with Gasteiger partial charge in [0.1, 0.15) is 0 Å². The van der Waals surface area contributed by atoms with E-state index < -0.39 is 0 Å². The summed E-state index contributed by atoms with van der Waals surface area (Å²) < 4.78 is 1.91. The molecular formula is C8H3BrN2S. The quantitative estimate of drug-likeness (QED) is 0.642. The summed E-state index contributed by atoms with van der Waals surface area (Å²) in [5, 5.41) is 0. The zero-order chi connectivity index (χ0) is 8.55. The molecule has 0 fully saturated rings. The molecule has 1 aromatic carbocycles. The van der Waals surface area contributed by atoms with Gasteiger partial charge in [-0.25, -0.2) is 9.83 Å². The van der Waals surface area contributed by atoms with Gasteiger partial charge in [-0.05, 0) is 28.1 Å². The summed E-state index contributed by atoms with van der Waals surface area (Å²) in [5.74, 6) is 0. The third-order valence-electron chi connectivity index (χ3n) is 1.48. The number of nitrogens with zero attached hydrogens (tertiary/aromatic N) is 2. The number of benzene rings is 1. The first kappa shape index (κ1) is 7.71. The monoisotopic (exact) mass is 238 g/mol. The molecule has 0 N–H and O–H groups in total. The second-order valence-electron chi connectivity index (χ2n) is 2.23. The van der Waals surface area contributed by atoms with Gasteiger partial charge in [0.15, 0.2) is 9.60 Å². The summed E-state index contributed by atoms with van der Waals surface area (Å²) in [6.07, 6.45) is 0. The normalized spacial score (nSPS) is 10.0. The van der Waals surface area contributed by atoms with Crippen LogP contribution in [0.5, 0.6) is 0 Å². The Labute approximate surface area is 81.8 Å². The average molecular weight is 239 g/mol. The van der Waals surface area contributed by atoms with Crippen molar-refractivity contribution in [3.63, 3.8) is 0 Å². The lowest BCUT2D eigenvalue weighted by atomic mass is 10.3. The molecule has 0 radical (unpaired) electrons. The van der Waals surface area contributed by atoms with Crippen LogP contribution in [0.1, 0.15) is 0 Å². The fourth-order valence-electron chi connectivity index (χ4n) is 0.955. The Morgan fingerprint density at radius 3 is 3.08 bits per heavy atom. The molecule has 1 heterocycles. The van der Waals surface area contributed by atoms with Crippen LogP contribution in [0.25, 0.3) is 15.1 Å². The molecule has 4 heteroatoms. The van der Waals surface area contributed by atoms with E-state index in [4.69, 9.17) is 6.57 Å². The average Bonchev–Trinajstić information content (AvgIpc) is 2.43. The molecule has 0 bridgehead atoms. The Morgan fingerprint density at radius 2 is 2.33 bits per heavy atom. The van der Waals surface area contributed by atoms with E-state index in [0.717, 1.165) is 14.1 Å². The number of aromatic nitrogens is 1. The Kier molecular flexibility index (Phi) is 1.83. The van der Waals surface area contributed by atoms with Crippen molar-refractivity contribution in [3.8, 4) is 0 Å². The first-order chi connectivity index (χ1) is 5.79. The Morgan fingerprint density at radius 1 is 1.50 bits per heavy atom. The topological polar surface area (TPSA) is 17.2 Å². The predicted octanol–water partition coefficient (Wildman–Crippen LogP) is 3.61. The lowest BCUT2D eigenvalue weighted by molar-refractivity contribution is 1.45. The van der Waals surface area contributed by atoms with Gasteiger partial charge in [0, 0.05) is 4.70 Å². The van der Waals surface area contributed by atoms with Crippen LogP contribution in [-0.4, -0.2) is 4.98 Å². The number of halogens is 1. The van der Waals surface area contributed by atoms with Crippen LogP contribution in [0.15, 0.2) is 22.1 Å². The van der Waals surface area contributed by atoms with E-state index in [-0.39, 0.29) is 0 Å². The number of fused-ring (bicyclic) bond motifs is 1. The summed E-state index contributed by atoms with van der Waals surface area (Å²) in [6, 6.07) is 5.50. The summed E-state index contributed by atoms with van der Waals surface area (Å²) in [7, 11) is 0. The van der Waals surface area contributed by atoms with E-state index in [0.29, 0.717) is 5.69 Å². The van der Waals surface area contributed by atoms with Crippen molar-refractivity contribution in [2.75, 3.05) is 0 Å². The molecule has 0 spiro atoms. The smallest absolute Gasteiger partial charge is 0.188 e. The Bertz CT molecular complexity index is 469. The van der Waals surface area contributed by atoms with Crippen LogP contribution in [0.2, 0.25) is 0 Å². The highest BCUT2D eigenvalue weighted by Crippen LogP contribution is 2.28. The minimum atomic E-state index is 0.665. The summed E-state index contributed by atoms with van der Waals surface area (Å²) in [4.78, 5) is 7.56. The van der Waals surface area contributed by atoms with Crippen LogP contribution in [0.4, 0.5) is 5.69 Å². The highest BCUT2D eigenvalue weighted by Gasteiger charge is 2.00. The standard InChI is InChI=1S/C8H3BrN2S/c1-10-5-2-3-6-7(4-5)12-8(9)11-6/h2-4H. The first-order valence-electron chi connectivity index (χ1n) is 3.23. The van der Waals surface area contributed by atoms with Crippen molar-refractivity contribution in [1.82, 2.24) is 4.98 Å². The lowest BCUT2D eigenvalue weighted by Gasteiger charge is -1.86. The van der Waals surface area contributed by atoms with Crippen molar-refractivity contribution in [1.29, 1.82) is 0 Å². The summed E-state index contributed by atoms with van der Waals surface area (Å²) in [6.45, 7) is 6.82. The third kappa shape index (κ3) is 1.22. The minimum absolute atomic E-state index is 0.665. The zero-order valence-corrected chi connectivity index (χ0v) is 8.32. The van der Waals surface area contributed by atoms with Gasteiger partial charge in [-0.15, -0.1) is 11.3 Å². The molecule has 1 aromatic heterocycles. The van der Waals surface area contributed by atoms with Crippen LogP contribution in [0, 0.1) is 6.57 Å². The highest BCUT2D eigenvalue weighted by atomic mass is 79.9. The van der Waals surface area contributed by atoms with Gasteiger partial charge in [-0.2, -0.15) is 0 Å². The fraction of sp³-hybridized carbons (Fsp3) is 0. The maximum absolute atomic E-state index is 6.82. The van der Waals surface area contributed by atoms with E-state index in [1.165, 1.54) is 0 Å². The maximum Gasteiger partial charge on any atom is 0.188 e. The van der Waals surface area contributed by atoms with Gasteiger partial charge in [0.25, 0.3) is 0 Å². The van der Waals surface area contributed by atoms with Crippen molar-refractivity contribution in [2.24, 2.45) is 0 Å². The molecule has 0 aliphatic carbocycles. The first-order valence-corrected chi connectivity index (χ1v) is 4.84. The van der Waals surface area contributed by atoms with Crippen molar-refractivity contribution in [3.05, 3.63) is 33.5 Å². The van der Waals surface area contributed by atoms with E-state index in [1.807, 2.05) is 12.1 Å². The Hall–Kier alpha value is -0.920. The van der Waals surface area contributed by atoms with Gasteiger partial charge < -0.3 is 0 Å². The van der Waals surface area contributed by atoms with Crippen LogP contribution >= 0.6 is 27.3 Å². The molecule has 58 valence electrons. The van der Waals surface area contributed by atoms with Gasteiger partial charge in [-0.1, -0.05) is 6.07 Å². The molecule has 0 aliphatic heterocycles. The lowest BCUT2D eigenvalue weighted by Crippen LogP contribution is -1.64. The van der Waals surface area contributed by atoms with Gasteiger partial charge in [-0.3, -0.25) is 0 Å². The third-order valence-corrected chi connectivity index (χ3v) is 2.94. The molecule has 0 saturated heterocycles. The minimum Gasteiger partial charge on any atom is -0.238 e. The van der Waals surface area contributed by atoms with E-state index in [2.05, 4.69) is 25.8 Å². The number of thiazole rings is 1. The van der Waals surface area contributed by atoms with Gasteiger partial charge in [0.2, 0.25) is 0 Å². The van der Waals surface area contributed by atoms with Crippen LogP contribution < -0.4 is 0 Å². The largest absolute Gasteiger partial charge is 0.238 e. The molecule has 2 nitrogen and oxygen atoms in total.